The number of likely N-dealkylation sites (tertiary alicyclic amines) is 1. The lowest BCUT2D eigenvalue weighted by Crippen LogP contribution is -3.13. The number of nitrogens with one attached hydrogen (secondary N) is 1. The largest absolute Gasteiger partial charge is 0.376 e. The molecule has 0 saturated carbocycles. The van der Waals surface area contributed by atoms with Crippen LogP contribution in [0.1, 0.15) is 49.5 Å². The Morgan fingerprint density at radius 3 is 2.68 bits per heavy atom. The van der Waals surface area contributed by atoms with E-state index in [1.165, 1.54) is 36.3 Å². The summed E-state index contributed by atoms with van der Waals surface area (Å²) in [4.78, 5) is 1.46. The number of piperidine rings is 1. The van der Waals surface area contributed by atoms with E-state index in [0.717, 1.165) is 43.9 Å². The van der Waals surface area contributed by atoms with Gasteiger partial charge in [0.1, 0.15) is 5.82 Å². The first-order valence-corrected chi connectivity index (χ1v) is 9.29. The van der Waals surface area contributed by atoms with Gasteiger partial charge in [0, 0.05) is 12.2 Å². The molecule has 25 heavy (non-hydrogen) atoms. The summed E-state index contributed by atoms with van der Waals surface area (Å²) in [5, 5.41) is 12.5. The normalized spacial score (nSPS) is 23.0. The van der Waals surface area contributed by atoms with E-state index in [1.54, 1.807) is 0 Å². The zero-order valence-electron chi connectivity index (χ0n) is 14.4. The maximum Gasteiger partial charge on any atom is 0.214 e. The van der Waals surface area contributed by atoms with Crippen LogP contribution in [-0.2, 0) is 11.3 Å². The molecule has 2 aromatic rings. The van der Waals surface area contributed by atoms with Gasteiger partial charge < -0.3 is 9.64 Å². The standard InChI is InChI=1S/C18H24FN5O/c19-15-8-6-14(7-9-15)17(23-10-2-1-3-11-23)18-20-21-22-24(18)13-16-5-4-12-25-16/h6-9,16-17H,1-5,10-13H2/p+1/t16-,17+/m0/s1. The third kappa shape index (κ3) is 3.72. The van der Waals surface area contributed by atoms with E-state index >= 15 is 0 Å². The van der Waals surface area contributed by atoms with Crippen LogP contribution in [0.5, 0.6) is 0 Å². The Kier molecular flexibility index (Phi) is 5.03. The summed E-state index contributed by atoms with van der Waals surface area (Å²) in [6.07, 6.45) is 6.03. The van der Waals surface area contributed by atoms with E-state index in [2.05, 4.69) is 15.5 Å². The Labute approximate surface area is 147 Å². The van der Waals surface area contributed by atoms with Crippen molar-refractivity contribution in [3.63, 3.8) is 0 Å². The molecular weight excluding hydrogens is 321 g/mol. The van der Waals surface area contributed by atoms with E-state index < -0.39 is 0 Å². The molecule has 2 aliphatic heterocycles. The van der Waals surface area contributed by atoms with E-state index in [4.69, 9.17) is 4.74 Å². The molecule has 2 saturated heterocycles. The van der Waals surface area contributed by atoms with Gasteiger partial charge in [-0.15, -0.1) is 5.10 Å². The molecule has 0 amide bonds. The average Bonchev–Trinajstić information content (AvgIpc) is 3.31. The van der Waals surface area contributed by atoms with E-state index in [1.807, 2.05) is 16.8 Å². The van der Waals surface area contributed by atoms with Crippen molar-refractivity contribution >= 4 is 0 Å². The Morgan fingerprint density at radius 1 is 1.16 bits per heavy atom. The summed E-state index contributed by atoms with van der Waals surface area (Å²) in [6, 6.07) is 6.83. The van der Waals surface area contributed by atoms with Gasteiger partial charge in [-0.1, -0.05) is 0 Å². The quantitative estimate of drug-likeness (QED) is 0.882. The predicted octanol–water partition coefficient (Wildman–Crippen LogP) is 1.15. The van der Waals surface area contributed by atoms with Crippen molar-refractivity contribution in [1.82, 2.24) is 20.2 Å². The smallest absolute Gasteiger partial charge is 0.214 e. The summed E-state index contributed by atoms with van der Waals surface area (Å²) >= 11 is 0. The molecule has 1 aromatic heterocycles. The van der Waals surface area contributed by atoms with Crippen molar-refractivity contribution in [3.8, 4) is 0 Å². The van der Waals surface area contributed by atoms with Crippen molar-refractivity contribution in [3.05, 3.63) is 41.5 Å². The molecule has 1 N–H and O–H groups in total. The molecule has 0 radical (unpaired) electrons. The molecule has 134 valence electrons. The van der Waals surface area contributed by atoms with Gasteiger partial charge in [0.15, 0.2) is 6.04 Å². The van der Waals surface area contributed by atoms with E-state index in [0.29, 0.717) is 6.54 Å². The van der Waals surface area contributed by atoms with Crippen LogP contribution < -0.4 is 4.90 Å². The molecule has 7 heteroatoms. The van der Waals surface area contributed by atoms with Crippen LogP contribution in [0, 0.1) is 5.82 Å². The summed E-state index contributed by atoms with van der Waals surface area (Å²) in [5.74, 6) is 0.647. The van der Waals surface area contributed by atoms with Gasteiger partial charge in [-0.25, -0.2) is 9.07 Å². The van der Waals surface area contributed by atoms with Gasteiger partial charge in [0.25, 0.3) is 0 Å². The zero-order chi connectivity index (χ0) is 17.1. The number of nitrogens with zero attached hydrogens (tertiary/aromatic N) is 4. The number of tetrazole rings is 1. The Bertz CT molecular complexity index is 677. The van der Waals surface area contributed by atoms with Crippen LogP contribution in [0.3, 0.4) is 0 Å². The SMILES string of the molecule is Fc1ccc([C@H](c2nnnn2C[C@@H]2CCCO2)[NH+]2CCCCC2)cc1. The first-order chi connectivity index (χ1) is 12.3. The maximum atomic E-state index is 13.4. The maximum absolute atomic E-state index is 13.4. The fourth-order valence-corrected chi connectivity index (χ4v) is 4.05. The van der Waals surface area contributed by atoms with Crippen LogP contribution in [0.15, 0.2) is 24.3 Å². The Morgan fingerprint density at radius 2 is 1.96 bits per heavy atom. The van der Waals surface area contributed by atoms with Crippen LogP contribution in [0.25, 0.3) is 0 Å². The lowest BCUT2D eigenvalue weighted by Gasteiger charge is -2.31. The van der Waals surface area contributed by atoms with Crippen molar-refractivity contribution in [1.29, 1.82) is 0 Å². The van der Waals surface area contributed by atoms with Crippen molar-refractivity contribution in [2.45, 2.75) is 50.8 Å². The van der Waals surface area contributed by atoms with Gasteiger partial charge in [-0.2, -0.15) is 0 Å². The number of benzene rings is 1. The van der Waals surface area contributed by atoms with Gasteiger partial charge >= 0.3 is 0 Å². The molecule has 3 heterocycles. The Balaban J connectivity index is 1.65. The molecule has 2 fully saturated rings. The second-order valence-electron chi connectivity index (χ2n) is 7.06. The van der Waals surface area contributed by atoms with Crippen molar-refractivity contribution in [2.24, 2.45) is 0 Å². The molecule has 4 rings (SSSR count). The molecule has 0 unspecified atom stereocenters. The third-order valence-corrected chi connectivity index (χ3v) is 5.33. The van der Waals surface area contributed by atoms with E-state index in [-0.39, 0.29) is 18.0 Å². The molecular formula is C18H25FN5O+. The van der Waals surface area contributed by atoms with Crippen molar-refractivity contribution in [2.75, 3.05) is 19.7 Å². The molecule has 2 aliphatic rings. The fourth-order valence-electron chi connectivity index (χ4n) is 4.05. The Hall–Kier alpha value is -1.86. The molecule has 2 atom stereocenters. The second kappa shape index (κ2) is 7.58. The fraction of sp³-hybridized carbons (Fsp3) is 0.611. The molecule has 0 spiro atoms. The summed E-state index contributed by atoms with van der Waals surface area (Å²) in [7, 11) is 0. The number of rotatable bonds is 5. The zero-order valence-corrected chi connectivity index (χ0v) is 14.4. The average molecular weight is 346 g/mol. The first kappa shape index (κ1) is 16.6. The topological polar surface area (TPSA) is 57.3 Å². The highest BCUT2D eigenvalue weighted by atomic mass is 19.1. The lowest BCUT2D eigenvalue weighted by atomic mass is 10.0. The number of hydrogen-bond acceptors (Lipinski definition) is 4. The minimum atomic E-state index is -0.213. The summed E-state index contributed by atoms with van der Waals surface area (Å²) < 4.78 is 21.1. The highest BCUT2D eigenvalue weighted by Gasteiger charge is 2.33. The highest BCUT2D eigenvalue weighted by Crippen LogP contribution is 2.21. The van der Waals surface area contributed by atoms with Crippen molar-refractivity contribution < 1.29 is 14.0 Å². The summed E-state index contributed by atoms with van der Waals surface area (Å²) in [5.41, 5.74) is 1.07. The summed E-state index contributed by atoms with van der Waals surface area (Å²) in [6.45, 7) is 3.69. The number of ether oxygens (including phenoxy) is 1. The predicted molar refractivity (Wildman–Crippen MR) is 89.6 cm³/mol. The molecule has 1 aromatic carbocycles. The van der Waals surface area contributed by atoms with Gasteiger partial charge in [0.2, 0.25) is 5.82 Å². The molecule has 0 aliphatic carbocycles. The van der Waals surface area contributed by atoms with Crippen LogP contribution in [-0.4, -0.2) is 46.0 Å². The van der Waals surface area contributed by atoms with Crippen LogP contribution in [0.2, 0.25) is 0 Å². The second-order valence-corrected chi connectivity index (χ2v) is 7.06. The number of quaternary nitrogens is 1. The molecule has 0 bridgehead atoms. The highest BCUT2D eigenvalue weighted by molar-refractivity contribution is 5.23. The first-order valence-electron chi connectivity index (χ1n) is 9.29. The monoisotopic (exact) mass is 346 g/mol. The van der Waals surface area contributed by atoms with Crippen LogP contribution in [0.4, 0.5) is 4.39 Å². The van der Waals surface area contributed by atoms with Gasteiger partial charge in [-0.05, 0) is 66.8 Å². The third-order valence-electron chi connectivity index (χ3n) is 5.33. The van der Waals surface area contributed by atoms with E-state index in [9.17, 15) is 4.39 Å². The number of halogens is 1. The lowest BCUT2D eigenvalue weighted by molar-refractivity contribution is -0.931. The van der Waals surface area contributed by atoms with Gasteiger partial charge in [-0.3, -0.25) is 0 Å². The minimum absolute atomic E-state index is 0.0392. The molecule has 6 nitrogen and oxygen atoms in total. The minimum Gasteiger partial charge on any atom is -0.376 e. The van der Waals surface area contributed by atoms with Crippen LogP contribution >= 0.6 is 0 Å². The van der Waals surface area contributed by atoms with Gasteiger partial charge in [0.05, 0.1) is 25.7 Å². The number of aromatic nitrogens is 4. The number of hydrogen-bond donors (Lipinski definition) is 1.